The number of guanidine groups is 1. The molecule has 0 spiro atoms. The first-order valence-electron chi connectivity index (χ1n) is 5.79. The summed E-state index contributed by atoms with van der Waals surface area (Å²) in [6.45, 7) is 6.25. The zero-order valence-corrected chi connectivity index (χ0v) is 11.2. The average molecular weight is 255 g/mol. The van der Waals surface area contributed by atoms with Gasteiger partial charge in [-0.25, -0.2) is 15.8 Å². The van der Waals surface area contributed by atoms with Crippen LogP contribution in [0.5, 0.6) is 0 Å². The number of nitrogens with zero attached hydrogens (tertiary/aromatic N) is 2. The maximum absolute atomic E-state index is 5.41. The van der Waals surface area contributed by atoms with Gasteiger partial charge in [0.2, 0.25) is 11.9 Å². The molecule has 0 aromatic carbocycles. The number of hydrogen-bond acceptors (Lipinski definition) is 5. The van der Waals surface area contributed by atoms with Crippen LogP contribution in [0.4, 0.5) is 0 Å². The number of hydrogen-bond donors (Lipinski definition) is 3. The molecule has 0 aliphatic carbocycles. The molecule has 1 aromatic rings. The van der Waals surface area contributed by atoms with Crippen LogP contribution in [0.15, 0.2) is 15.6 Å². The van der Waals surface area contributed by atoms with Crippen molar-refractivity contribution in [1.82, 2.24) is 15.7 Å². The van der Waals surface area contributed by atoms with Crippen LogP contribution in [-0.2, 0) is 4.74 Å². The van der Waals surface area contributed by atoms with Gasteiger partial charge in [0.1, 0.15) is 11.8 Å². The Balaban J connectivity index is 2.66. The van der Waals surface area contributed by atoms with Crippen LogP contribution >= 0.6 is 0 Å². The number of methoxy groups -OCH3 is 1. The van der Waals surface area contributed by atoms with E-state index in [2.05, 4.69) is 20.7 Å². The minimum atomic E-state index is -0.216. The first-order valence-corrected chi connectivity index (χ1v) is 5.79. The van der Waals surface area contributed by atoms with Crippen molar-refractivity contribution in [2.24, 2.45) is 10.8 Å². The van der Waals surface area contributed by atoms with Gasteiger partial charge in [0.25, 0.3) is 0 Å². The number of aliphatic imine (C=N–C) groups is 1. The Labute approximate surface area is 107 Å². The van der Waals surface area contributed by atoms with Gasteiger partial charge in [0.05, 0.1) is 12.8 Å². The fourth-order valence-corrected chi connectivity index (χ4v) is 1.46. The predicted molar refractivity (Wildman–Crippen MR) is 68.9 cm³/mol. The first kappa shape index (κ1) is 14.5. The molecule has 0 aliphatic heterocycles. The molecule has 7 heteroatoms. The highest BCUT2D eigenvalue weighted by atomic mass is 16.5. The van der Waals surface area contributed by atoms with Crippen molar-refractivity contribution in [3.05, 3.63) is 17.8 Å². The Bertz CT molecular complexity index is 391. The molecule has 1 heterocycles. The zero-order valence-electron chi connectivity index (χ0n) is 11.2. The quantitative estimate of drug-likeness (QED) is 0.306. The van der Waals surface area contributed by atoms with Crippen molar-refractivity contribution in [2.75, 3.05) is 13.7 Å². The van der Waals surface area contributed by atoms with Gasteiger partial charge in [-0.15, -0.1) is 0 Å². The van der Waals surface area contributed by atoms with Crippen molar-refractivity contribution in [3.8, 4) is 0 Å². The number of nitrogens with one attached hydrogen (secondary N) is 2. The summed E-state index contributed by atoms with van der Waals surface area (Å²) in [5.74, 6) is 7.20. The lowest BCUT2D eigenvalue weighted by Gasteiger charge is -2.16. The minimum absolute atomic E-state index is 0.100. The lowest BCUT2D eigenvalue weighted by Crippen LogP contribution is -2.47. The molecular weight excluding hydrogens is 234 g/mol. The van der Waals surface area contributed by atoms with Gasteiger partial charge < -0.3 is 14.5 Å². The van der Waals surface area contributed by atoms with E-state index in [0.29, 0.717) is 18.5 Å². The molecule has 2 unspecified atom stereocenters. The fourth-order valence-electron chi connectivity index (χ4n) is 1.46. The summed E-state index contributed by atoms with van der Waals surface area (Å²) < 4.78 is 10.4. The fraction of sp³-hybridized carbons (Fsp3) is 0.636. The second-order valence-corrected chi connectivity index (χ2v) is 4.11. The van der Waals surface area contributed by atoms with Gasteiger partial charge in [-0.3, -0.25) is 5.43 Å². The van der Waals surface area contributed by atoms with E-state index in [1.807, 2.05) is 20.8 Å². The monoisotopic (exact) mass is 255 g/mol. The SMILES string of the molecule is COCC(C)NC(=NC(C)c1ncc(C)o1)NN. The maximum atomic E-state index is 5.41. The summed E-state index contributed by atoms with van der Waals surface area (Å²) in [6.07, 6.45) is 1.66. The molecule has 0 saturated carbocycles. The summed E-state index contributed by atoms with van der Waals surface area (Å²) in [7, 11) is 1.64. The van der Waals surface area contributed by atoms with Gasteiger partial charge in [0.15, 0.2) is 0 Å². The summed E-state index contributed by atoms with van der Waals surface area (Å²) in [6, 6.07) is -0.115. The second kappa shape index (κ2) is 6.97. The van der Waals surface area contributed by atoms with Gasteiger partial charge >= 0.3 is 0 Å². The Morgan fingerprint density at radius 2 is 2.33 bits per heavy atom. The molecule has 1 aromatic heterocycles. The van der Waals surface area contributed by atoms with E-state index in [0.717, 1.165) is 5.76 Å². The van der Waals surface area contributed by atoms with E-state index in [4.69, 9.17) is 15.0 Å². The molecule has 7 nitrogen and oxygen atoms in total. The van der Waals surface area contributed by atoms with Crippen molar-refractivity contribution in [3.63, 3.8) is 0 Å². The molecule has 18 heavy (non-hydrogen) atoms. The number of hydrazine groups is 1. The number of aryl methyl sites for hydroxylation is 1. The van der Waals surface area contributed by atoms with Crippen molar-refractivity contribution >= 4 is 5.96 Å². The van der Waals surface area contributed by atoms with Crippen LogP contribution in [0.1, 0.15) is 31.5 Å². The Morgan fingerprint density at radius 1 is 1.61 bits per heavy atom. The molecule has 0 radical (unpaired) electrons. The summed E-state index contributed by atoms with van der Waals surface area (Å²) in [5, 5.41) is 3.09. The number of ether oxygens (including phenoxy) is 1. The van der Waals surface area contributed by atoms with E-state index in [1.54, 1.807) is 13.3 Å². The van der Waals surface area contributed by atoms with Gasteiger partial charge in [-0.05, 0) is 20.8 Å². The molecule has 0 bridgehead atoms. The van der Waals surface area contributed by atoms with E-state index in [-0.39, 0.29) is 12.1 Å². The van der Waals surface area contributed by atoms with E-state index < -0.39 is 0 Å². The first-order chi connectivity index (χ1) is 8.56. The third-order valence-electron chi connectivity index (χ3n) is 2.26. The maximum Gasteiger partial charge on any atom is 0.219 e. The molecule has 0 amide bonds. The van der Waals surface area contributed by atoms with E-state index >= 15 is 0 Å². The molecule has 1 rings (SSSR count). The van der Waals surface area contributed by atoms with E-state index in [9.17, 15) is 0 Å². The molecule has 0 aliphatic rings. The standard InChI is InChI=1S/C11H21N5O2/c1-7(6-17-4)14-11(16-12)15-9(3)10-13-5-8(2)18-10/h5,7,9H,6,12H2,1-4H3,(H2,14,15,16). The lowest BCUT2D eigenvalue weighted by molar-refractivity contribution is 0.179. The van der Waals surface area contributed by atoms with Crippen molar-refractivity contribution in [2.45, 2.75) is 32.9 Å². The molecule has 4 N–H and O–H groups in total. The Morgan fingerprint density at radius 3 is 2.83 bits per heavy atom. The number of oxazole rings is 1. The number of aromatic nitrogens is 1. The second-order valence-electron chi connectivity index (χ2n) is 4.11. The normalized spacial score (nSPS) is 15.3. The smallest absolute Gasteiger partial charge is 0.219 e. The van der Waals surface area contributed by atoms with Gasteiger partial charge in [-0.1, -0.05) is 0 Å². The van der Waals surface area contributed by atoms with Crippen LogP contribution in [-0.4, -0.2) is 30.7 Å². The highest BCUT2D eigenvalue weighted by Gasteiger charge is 2.12. The van der Waals surface area contributed by atoms with Crippen molar-refractivity contribution in [1.29, 1.82) is 0 Å². The summed E-state index contributed by atoms with van der Waals surface area (Å²) >= 11 is 0. The minimum Gasteiger partial charge on any atom is -0.444 e. The molecule has 0 saturated heterocycles. The highest BCUT2D eigenvalue weighted by Crippen LogP contribution is 2.15. The van der Waals surface area contributed by atoms with Crippen LogP contribution in [0, 0.1) is 6.92 Å². The molecule has 102 valence electrons. The van der Waals surface area contributed by atoms with Gasteiger partial charge in [-0.2, -0.15) is 0 Å². The number of rotatable bonds is 5. The zero-order chi connectivity index (χ0) is 13.5. The van der Waals surface area contributed by atoms with Crippen molar-refractivity contribution < 1.29 is 9.15 Å². The molecule has 0 fully saturated rings. The molecular formula is C11H21N5O2. The third-order valence-corrected chi connectivity index (χ3v) is 2.26. The van der Waals surface area contributed by atoms with Gasteiger partial charge in [0, 0.05) is 13.2 Å². The molecule has 2 atom stereocenters. The number of nitrogens with two attached hydrogens (primary N) is 1. The summed E-state index contributed by atoms with van der Waals surface area (Å²) in [4.78, 5) is 8.48. The van der Waals surface area contributed by atoms with Crippen LogP contribution in [0.25, 0.3) is 0 Å². The predicted octanol–water partition coefficient (Wildman–Crippen LogP) is 0.488. The Kier molecular flexibility index (Phi) is 5.60. The highest BCUT2D eigenvalue weighted by molar-refractivity contribution is 5.79. The largest absolute Gasteiger partial charge is 0.444 e. The third kappa shape index (κ3) is 4.34. The van der Waals surface area contributed by atoms with E-state index in [1.165, 1.54) is 0 Å². The summed E-state index contributed by atoms with van der Waals surface area (Å²) in [5.41, 5.74) is 2.51. The van der Waals surface area contributed by atoms with Crippen LogP contribution < -0.4 is 16.6 Å². The average Bonchev–Trinajstić information content (AvgIpc) is 2.75. The van der Waals surface area contributed by atoms with Crippen LogP contribution in [0.2, 0.25) is 0 Å². The lowest BCUT2D eigenvalue weighted by atomic mass is 10.3. The van der Waals surface area contributed by atoms with Crippen LogP contribution in [0.3, 0.4) is 0 Å². The topological polar surface area (TPSA) is 97.7 Å². The Hall–Kier alpha value is -1.60.